The lowest BCUT2D eigenvalue weighted by Gasteiger charge is -2.35. The molecule has 6 nitrogen and oxygen atoms in total. The highest BCUT2D eigenvalue weighted by molar-refractivity contribution is 5.79. The fourth-order valence-electron chi connectivity index (χ4n) is 4.06. The van der Waals surface area contributed by atoms with Crippen LogP contribution in [0.5, 0.6) is 0 Å². The Balaban J connectivity index is 1.36. The zero-order valence-corrected chi connectivity index (χ0v) is 15.1. The number of nitrogens with zero attached hydrogens (tertiary/aromatic N) is 4. The van der Waals surface area contributed by atoms with Crippen LogP contribution in [0.15, 0.2) is 36.9 Å². The number of likely N-dealkylation sites (tertiary alicyclic amines) is 1. The van der Waals surface area contributed by atoms with Gasteiger partial charge in [0.15, 0.2) is 0 Å². The quantitative estimate of drug-likeness (QED) is 0.846. The van der Waals surface area contributed by atoms with Crippen LogP contribution in [0, 0.1) is 5.92 Å². The van der Waals surface area contributed by atoms with Crippen LogP contribution in [-0.2, 0) is 16.1 Å². The summed E-state index contributed by atoms with van der Waals surface area (Å²) in [6.07, 6.45) is 11.3. The maximum Gasteiger partial charge on any atom is 0.225 e. The van der Waals surface area contributed by atoms with E-state index in [0.717, 1.165) is 64.4 Å². The number of hydrogen-bond acceptors (Lipinski definition) is 4. The number of carbonyl (C=O) groups is 1. The first-order chi connectivity index (χ1) is 12.8. The summed E-state index contributed by atoms with van der Waals surface area (Å²) in [6, 6.07) is 4.05. The molecule has 26 heavy (non-hydrogen) atoms. The van der Waals surface area contributed by atoms with Crippen LogP contribution in [0.25, 0.3) is 0 Å². The van der Waals surface area contributed by atoms with Gasteiger partial charge in [-0.25, -0.2) is 4.98 Å². The molecule has 0 N–H and O–H groups in total. The Hall–Kier alpha value is -2.21. The molecule has 4 rings (SSSR count). The minimum atomic E-state index is 0.160. The molecule has 0 atom stereocenters. The van der Waals surface area contributed by atoms with Gasteiger partial charge in [-0.05, 0) is 37.3 Å². The number of amides is 1. The number of piperidine rings is 1. The zero-order chi connectivity index (χ0) is 17.8. The lowest BCUT2D eigenvalue weighted by atomic mass is 9.93. The Morgan fingerprint density at radius 1 is 1.15 bits per heavy atom. The highest BCUT2D eigenvalue weighted by atomic mass is 16.5. The number of rotatable bonds is 4. The van der Waals surface area contributed by atoms with E-state index in [9.17, 15) is 4.79 Å². The maximum absolute atomic E-state index is 12.7. The van der Waals surface area contributed by atoms with Crippen LogP contribution in [0.4, 0.5) is 0 Å². The summed E-state index contributed by atoms with van der Waals surface area (Å²) < 4.78 is 7.60. The third kappa shape index (κ3) is 3.80. The molecule has 1 amide bonds. The topological polar surface area (TPSA) is 60.2 Å². The molecule has 2 saturated heterocycles. The number of aromatic nitrogens is 3. The third-order valence-electron chi connectivity index (χ3n) is 5.57. The summed E-state index contributed by atoms with van der Waals surface area (Å²) in [5.41, 5.74) is 1.18. The summed E-state index contributed by atoms with van der Waals surface area (Å²) in [5, 5.41) is 0. The van der Waals surface area contributed by atoms with Crippen LogP contribution in [0.1, 0.15) is 43.0 Å². The molecule has 6 heteroatoms. The van der Waals surface area contributed by atoms with E-state index >= 15 is 0 Å². The SMILES string of the molecule is O=C(C1CCOCC1)N1CCC(c2nccn2Cc2cccnc2)CC1. The van der Waals surface area contributed by atoms with Crippen LogP contribution in [0.2, 0.25) is 0 Å². The van der Waals surface area contributed by atoms with Gasteiger partial charge in [-0.3, -0.25) is 9.78 Å². The Kier molecular flexibility index (Phi) is 5.29. The van der Waals surface area contributed by atoms with Gasteiger partial charge in [0.1, 0.15) is 5.82 Å². The molecule has 2 aromatic rings. The molecule has 4 heterocycles. The number of ether oxygens (including phenoxy) is 1. The number of imidazole rings is 1. The minimum absolute atomic E-state index is 0.160. The van der Waals surface area contributed by atoms with Crippen LogP contribution in [0.3, 0.4) is 0 Å². The summed E-state index contributed by atoms with van der Waals surface area (Å²) in [5.74, 6) is 2.03. The monoisotopic (exact) mass is 354 g/mol. The van der Waals surface area contributed by atoms with E-state index in [4.69, 9.17) is 4.74 Å². The largest absolute Gasteiger partial charge is 0.381 e. The van der Waals surface area contributed by atoms with E-state index in [1.54, 1.807) is 6.20 Å². The average molecular weight is 354 g/mol. The molecule has 0 radical (unpaired) electrons. The van der Waals surface area contributed by atoms with Gasteiger partial charge < -0.3 is 14.2 Å². The van der Waals surface area contributed by atoms with Gasteiger partial charge in [0.05, 0.1) is 6.54 Å². The van der Waals surface area contributed by atoms with Crippen LogP contribution < -0.4 is 0 Å². The predicted molar refractivity (Wildman–Crippen MR) is 97.7 cm³/mol. The van der Waals surface area contributed by atoms with Crippen molar-refractivity contribution >= 4 is 5.91 Å². The van der Waals surface area contributed by atoms with Crippen molar-refractivity contribution in [1.82, 2.24) is 19.4 Å². The van der Waals surface area contributed by atoms with Crippen molar-refractivity contribution in [1.29, 1.82) is 0 Å². The van der Waals surface area contributed by atoms with E-state index in [-0.39, 0.29) is 5.92 Å². The molecular weight excluding hydrogens is 328 g/mol. The van der Waals surface area contributed by atoms with E-state index < -0.39 is 0 Å². The van der Waals surface area contributed by atoms with E-state index in [0.29, 0.717) is 11.8 Å². The minimum Gasteiger partial charge on any atom is -0.381 e. The molecule has 0 spiro atoms. The van der Waals surface area contributed by atoms with Gasteiger partial charge in [-0.2, -0.15) is 0 Å². The van der Waals surface area contributed by atoms with Crippen LogP contribution in [-0.4, -0.2) is 51.6 Å². The highest BCUT2D eigenvalue weighted by Crippen LogP contribution is 2.29. The third-order valence-corrected chi connectivity index (χ3v) is 5.57. The molecule has 2 aliphatic rings. The predicted octanol–water partition coefficient (Wildman–Crippen LogP) is 2.46. The normalized spacial score (nSPS) is 19.6. The molecule has 0 bridgehead atoms. The number of hydrogen-bond donors (Lipinski definition) is 0. The molecule has 0 saturated carbocycles. The molecule has 2 aromatic heterocycles. The molecule has 0 aliphatic carbocycles. The molecule has 0 unspecified atom stereocenters. The first-order valence-corrected chi connectivity index (χ1v) is 9.58. The summed E-state index contributed by atoms with van der Waals surface area (Å²) in [7, 11) is 0. The number of pyridine rings is 1. The maximum atomic E-state index is 12.7. The molecular formula is C20H26N4O2. The van der Waals surface area contributed by atoms with Crippen LogP contribution >= 0.6 is 0 Å². The second kappa shape index (κ2) is 7.99. The average Bonchev–Trinajstić information content (AvgIpc) is 3.17. The van der Waals surface area contributed by atoms with Gasteiger partial charge in [0.25, 0.3) is 0 Å². The van der Waals surface area contributed by atoms with Gasteiger partial charge in [-0.1, -0.05) is 6.07 Å². The van der Waals surface area contributed by atoms with Crippen molar-refractivity contribution in [3.63, 3.8) is 0 Å². The fraction of sp³-hybridized carbons (Fsp3) is 0.550. The zero-order valence-electron chi connectivity index (χ0n) is 15.1. The smallest absolute Gasteiger partial charge is 0.225 e. The lowest BCUT2D eigenvalue weighted by Crippen LogP contribution is -2.43. The van der Waals surface area contributed by atoms with E-state index in [1.807, 2.05) is 24.7 Å². The molecule has 138 valence electrons. The van der Waals surface area contributed by atoms with Crippen molar-refractivity contribution in [2.45, 2.75) is 38.1 Å². The van der Waals surface area contributed by atoms with Gasteiger partial charge >= 0.3 is 0 Å². The van der Waals surface area contributed by atoms with Crippen molar-refractivity contribution in [2.75, 3.05) is 26.3 Å². The first kappa shape index (κ1) is 17.2. The lowest BCUT2D eigenvalue weighted by molar-refractivity contribution is -0.139. The van der Waals surface area contributed by atoms with Gasteiger partial charge in [-0.15, -0.1) is 0 Å². The summed E-state index contributed by atoms with van der Waals surface area (Å²) in [6.45, 7) is 3.91. The van der Waals surface area contributed by atoms with Crippen molar-refractivity contribution in [2.24, 2.45) is 5.92 Å². The van der Waals surface area contributed by atoms with E-state index in [1.165, 1.54) is 5.56 Å². The first-order valence-electron chi connectivity index (χ1n) is 9.58. The molecule has 0 aromatic carbocycles. The second-order valence-corrected chi connectivity index (χ2v) is 7.26. The second-order valence-electron chi connectivity index (χ2n) is 7.26. The van der Waals surface area contributed by atoms with Gasteiger partial charge in [0, 0.05) is 62.9 Å². The van der Waals surface area contributed by atoms with Crippen molar-refractivity contribution < 1.29 is 9.53 Å². The van der Waals surface area contributed by atoms with E-state index in [2.05, 4.69) is 25.5 Å². The highest BCUT2D eigenvalue weighted by Gasteiger charge is 2.31. The Morgan fingerprint density at radius 3 is 2.69 bits per heavy atom. The summed E-state index contributed by atoms with van der Waals surface area (Å²) >= 11 is 0. The number of carbonyl (C=O) groups excluding carboxylic acids is 1. The summed E-state index contributed by atoms with van der Waals surface area (Å²) in [4.78, 5) is 23.6. The Morgan fingerprint density at radius 2 is 1.96 bits per heavy atom. The van der Waals surface area contributed by atoms with Gasteiger partial charge in [0.2, 0.25) is 5.91 Å². The Bertz CT molecular complexity index is 716. The van der Waals surface area contributed by atoms with Crippen molar-refractivity contribution in [3.05, 3.63) is 48.3 Å². The molecule has 2 aliphatic heterocycles. The standard InChI is InChI=1S/C20H26N4O2/c25-20(18-5-12-26-13-6-18)23-9-3-17(4-10-23)19-22-8-11-24(19)15-16-2-1-7-21-14-16/h1-2,7-8,11,14,17-18H,3-6,9-10,12-13,15H2. The van der Waals surface area contributed by atoms with Crippen molar-refractivity contribution in [3.8, 4) is 0 Å². The Labute approximate surface area is 154 Å². The fourth-order valence-corrected chi connectivity index (χ4v) is 4.06. The molecule has 2 fully saturated rings.